The topological polar surface area (TPSA) is 77.5 Å². The molecule has 0 fully saturated rings. The van der Waals surface area contributed by atoms with Crippen LogP contribution in [0.2, 0.25) is 0 Å². The van der Waals surface area contributed by atoms with Crippen molar-refractivity contribution in [1.29, 1.82) is 0 Å². The number of nitrogens with zero attached hydrogens (tertiary/aromatic N) is 1. The zero-order valence-electron chi connectivity index (χ0n) is 17.5. The molecule has 0 radical (unpaired) electrons. The van der Waals surface area contributed by atoms with Gasteiger partial charge < -0.3 is 24.1 Å². The minimum Gasteiger partial charge on any atom is -0.497 e. The van der Waals surface area contributed by atoms with Crippen LogP contribution in [0.15, 0.2) is 42.5 Å². The second kappa shape index (κ2) is 10.8. The summed E-state index contributed by atoms with van der Waals surface area (Å²) in [5.74, 6) is 1.96. The number of aliphatic hydroxyl groups is 1. The first-order valence-corrected chi connectivity index (χ1v) is 10.1. The van der Waals surface area contributed by atoms with E-state index >= 15 is 0 Å². The van der Waals surface area contributed by atoms with Gasteiger partial charge in [0, 0.05) is 26.1 Å². The van der Waals surface area contributed by atoms with E-state index in [0.717, 1.165) is 34.8 Å². The third kappa shape index (κ3) is 6.37. The van der Waals surface area contributed by atoms with Crippen LogP contribution in [0.25, 0.3) is 0 Å². The van der Waals surface area contributed by atoms with Crippen LogP contribution in [-0.2, 0) is 22.6 Å². The maximum Gasteiger partial charge on any atom is 0.305 e. The SMILES string of the molecule is CCCC(=O)OCC(O)CN(Cc1cccc(OC)c1)Cc1ccc2c(c1)OCO2. The Morgan fingerprint density at radius 1 is 1.13 bits per heavy atom. The fraction of sp³-hybridized carbons (Fsp3) is 0.435. The summed E-state index contributed by atoms with van der Waals surface area (Å²) in [6, 6.07) is 13.7. The van der Waals surface area contributed by atoms with Gasteiger partial charge in [0.15, 0.2) is 11.5 Å². The number of aliphatic hydroxyl groups excluding tert-OH is 1. The highest BCUT2D eigenvalue weighted by Gasteiger charge is 2.18. The van der Waals surface area contributed by atoms with Crippen molar-refractivity contribution in [1.82, 2.24) is 4.90 Å². The number of fused-ring (bicyclic) bond motifs is 1. The van der Waals surface area contributed by atoms with Crippen molar-refractivity contribution < 1.29 is 28.8 Å². The van der Waals surface area contributed by atoms with Gasteiger partial charge in [-0.15, -0.1) is 0 Å². The fourth-order valence-electron chi connectivity index (χ4n) is 3.33. The second-order valence-corrected chi connectivity index (χ2v) is 7.30. The quantitative estimate of drug-likeness (QED) is 0.565. The Balaban J connectivity index is 1.68. The van der Waals surface area contributed by atoms with Crippen LogP contribution < -0.4 is 14.2 Å². The van der Waals surface area contributed by atoms with Gasteiger partial charge in [0.25, 0.3) is 0 Å². The third-order valence-corrected chi connectivity index (χ3v) is 4.74. The Hall–Kier alpha value is -2.77. The van der Waals surface area contributed by atoms with Gasteiger partial charge in [0.1, 0.15) is 18.5 Å². The maximum absolute atomic E-state index is 11.6. The average Bonchev–Trinajstić information content (AvgIpc) is 3.20. The fourth-order valence-corrected chi connectivity index (χ4v) is 3.33. The molecule has 0 spiro atoms. The van der Waals surface area contributed by atoms with E-state index in [1.165, 1.54) is 0 Å². The van der Waals surface area contributed by atoms with Crippen molar-refractivity contribution in [2.24, 2.45) is 0 Å². The lowest BCUT2D eigenvalue weighted by atomic mass is 10.1. The van der Waals surface area contributed by atoms with Crippen LogP contribution >= 0.6 is 0 Å². The summed E-state index contributed by atoms with van der Waals surface area (Å²) in [5, 5.41) is 10.5. The second-order valence-electron chi connectivity index (χ2n) is 7.30. The Morgan fingerprint density at radius 2 is 1.90 bits per heavy atom. The van der Waals surface area contributed by atoms with Crippen molar-refractivity contribution in [3.63, 3.8) is 0 Å². The van der Waals surface area contributed by atoms with Crippen LogP contribution in [0.5, 0.6) is 17.2 Å². The Labute approximate surface area is 177 Å². The van der Waals surface area contributed by atoms with Crippen LogP contribution in [0.1, 0.15) is 30.9 Å². The largest absolute Gasteiger partial charge is 0.497 e. The lowest BCUT2D eigenvalue weighted by Crippen LogP contribution is -2.34. The molecule has 2 aromatic rings. The van der Waals surface area contributed by atoms with E-state index in [4.69, 9.17) is 18.9 Å². The Morgan fingerprint density at radius 3 is 2.67 bits per heavy atom. The summed E-state index contributed by atoms with van der Waals surface area (Å²) in [7, 11) is 1.64. The summed E-state index contributed by atoms with van der Waals surface area (Å²) in [4.78, 5) is 13.7. The highest BCUT2D eigenvalue weighted by molar-refractivity contribution is 5.69. The molecule has 0 bridgehead atoms. The van der Waals surface area contributed by atoms with E-state index in [1.807, 2.05) is 49.4 Å². The van der Waals surface area contributed by atoms with E-state index in [2.05, 4.69) is 4.90 Å². The number of methoxy groups -OCH3 is 1. The van der Waals surface area contributed by atoms with Gasteiger partial charge in [-0.1, -0.05) is 25.1 Å². The third-order valence-electron chi connectivity index (χ3n) is 4.74. The molecule has 0 aliphatic carbocycles. The number of carbonyl (C=O) groups excluding carboxylic acids is 1. The molecule has 3 rings (SSSR count). The molecule has 7 nitrogen and oxygen atoms in total. The molecule has 30 heavy (non-hydrogen) atoms. The zero-order chi connectivity index (χ0) is 21.3. The predicted molar refractivity (Wildman–Crippen MR) is 112 cm³/mol. The molecule has 7 heteroatoms. The van der Waals surface area contributed by atoms with E-state index in [0.29, 0.717) is 26.1 Å². The van der Waals surface area contributed by atoms with Gasteiger partial charge in [-0.3, -0.25) is 9.69 Å². The zero-order valence-corrected chi connectivity index (χ0v) is 17.5. The van der Waals surface area contributed by atoms with Crippen LogP contribution in [0.4, 0.5) is 0 Å². The minimum atomic E-state index is -0.787. The summed E-state index contributed by atoms with van der Waals surface area (Å²) in [6.45, 7) is 3.67. The first-order valence-electron chi connectivity index (χ1n) is 10.1. The van der Waals surface area contributed by atoms with Crippen molar-refractivity contribution in [3.05, 3.63) is 53.6 Å². The minimum absolute atomic E-state index is 0.0193. The molecule has 1 unspecified atom stereocenters. The van der Waals surface area contributed by atoms with Crippen LogP contribution in [0, 0.1) is 0 Å². The van der Waals surface area contributed by atoms with Gasteiger partial charge in [-0.05, 0) is 41.8 Å². The maximum atomic E-state index is 11.6. The van der Waals surface area contributed by atoms with Gasteiger partial charge in [-0.2, -0.15) is 0 Å². The molecule has 0 saturated heterocycles. The number of hydrogen-bond donors (Lipinski definition) is 1. The van der Waals surface area contributed by atoms with Gasteiger partial charge in [-0.25, -0.2) is 0 Å². The Kier molecular flexibility index (Phi) is 7.93. The number of ether oxygens (including phenoxy) is 4. The van der Waals surface area contributed by atoms with Crippen molar-refractivity contribution in [2.75, 3.05) is 27.1 Å². The monoisotopic (exact) mass is 415 g/mol. The molecule has 1 aliphatic rings. The average molecular weight is 415 g/mol. The van der Waals surface area contributed by atoms with Gasteiger partial charge >= 0.3 is 5.97 Å². The molecule has 0 aromatic heterocycles. The van der Waals surface area contributed by atoms with Crippen molar-refractivity contribution >= 4 is 5.97 Å². The Bertz CT molecular complexity index is 840. The summed E-state index contributed by atoms with van der Waals surface area (Å²) < 4.78 is 21.3. The number of hydrogen-bond acceptors (Lipinski definition) is 7. The van der Waals surface area contributed by atoms with E-state index < -0.39 is 6.10 Å². The molecular weight excluding hydrogens is 386 g/mol. The van der Waals surface area contributed by atoms with Gasteiger partial charge in [0.2, 0.25) is 6.79 Å². The van der Waals surface area contributed by atoms with Crippen molar-refractivity contribution in [3.8, 4) is 17.2 Å². The molecule has 1 N–H and O–H groups in total. The number of esters is 1. The molecule has 1 heterocycles. The molecule has 162 valence electrons. The van der Waals surface area contributed by atoms with Crippen LogP contribution in [0.3, 0.4) is 0 Å². The predicted octanol–water partition coefficient (Wildman–Crippen LogP) is 3.13. The molecule has 2 aromatic carbocycles. The standard InChI is InChI=1S/C23H29NO6/c1-3-5-23(26)28-15-19(25)14-24(12-17-6-4-7-20(10-17)27-2)13-18-8-9-21-22(11-18)30-16-29-21/h4,6-11,19,25H,3,5,12-16H2,1-2H3. The van der Waals surface area contributed by atoms with E-state index in [9.17, 15) is 9.90 Å². The molecular formula is C23H29NO6. The lowest BCUT2D eigenvalue weighted by Gasteiger charge is -2.25. The smallest absolute Gasteiger partial charge is 0.305 e. The highest BCUT2D eigenvalue weighted by Crippen LogP contribution is 2.33. The number of rotatable bonds is 11. The van der Waals surface area contributed by atoms with Crippen LogP contribution in [-0.4, -0.2) is 49.1 Å². The van der Waals surface area contributed by atoms with E-state index in [-0.39, 0.29) is 19.4 Å². The normalized spacial score (nSPS) is 13.3. The summed E-state index contributed by atoms with van der Waals surface area (Å²) in [5.41, 5.74) is 2.10. The lowest BCUT2D eigenvalue weighted by molar-refractivity contribution is -0.147. The summed E-state index contributed by atoms with van der Waals surface area (Å²) >= 11 is 0. The number of benzene rings is 2. The van der Waals surface area contributed by atoms with Crippen molar-refractivity contribution in [2.45, 2.75) is 39.0 Å². The first-order chi connectivity index (χ1) is 14.6. The molecule has 0 amide bonds. The summed E-state index contributed by atoms with van der Waals surface area (Å²) in [6.07, 6.45) is 0.295. The van der Waals surface area contributed by atoms with E-state index in [1.54, 1.807) is 7.11 Å². The first kappa shape index (κ1) is 21.9. The number of carbonyl (C=O) groups is 1. The molecule has 1 atom stereocenters. The molecule has 1 aliphatic heterocycles. The highest BCUT2D eigenvalue weighted by atomic mass is 16.7. The molecule has 0 saturated carbocycles. The van der Waals surface area contributed by atoms with Gasteiger partial charge in [0.05, 0.1) is 7.11 Å².